The summed E-state index contributed by atoms with van der Waals surface area (Å²) >= 11 is 0. The molecule has 0 aromatic heterocycles. The summed E-state index contributed by atoms with van der Waals surface area (Å²) in [5, 5.41) is 6.62. The monoisotopic (exact) mass is 335 g/mol. The predicted octanol–water partition coefficient (Wildman–Crippen LogP) is 2.62. The van der Waals surface area contributed by atoms with Gasteiger partial charge in [0.25, 0.3) is 0 Å². The maximum absolute atomic E-state index is 5.67. The Morgan fingerprint density at radius 1 is 0.917 bits per heavy atom. The Hall–Kier alpha value is -1.59. The summed E-state index contributed by atoms with van der Waals surface area (Å²) in [4.78, 5) is 4.22. The maximum Gasteiger partial charge on any atom is 0.190 e. The first kappa shape index (κ1) is 20.5. The third-order valence-electron chi connectivity index (χ3n) is 3.57. The molecule has 0 heterocycles. The lowest BCUT2D eigenvalue weighted by atomic mass is 10.2. The van der Waals surface area contributed by atoms with Gasteiger partial charge >= 0.3 is 0 Å². The third-order valence-corrected chi connectivity index (χ3v) is 3.57. The van der Waals surface area contributed by atoms with Crippen LogP contribution >= 0.6 is 0 Å². The van der Waals surface area contributed by atoms with Crippen molar-refractivity contribution in [3.63, 3.8) is 0 Å². The van der Waals surface area contributed by atoms with Gasteiger partial charge in [-0.25, -0.2) is 0 Å². The zero-order valence-electron chi connectivity index (χ0n) is 15.2. The molecule has 2 N–H and O–H groups in total. The van der Waals surface area contributed by atoms with Crippen LogP contribution in [0.1, 0.15) is 31.7 Å². The van der Waals surface area contributed by atoms with Gasteiger partial charge in [-0.05, 0) is 38.2 Å². The Balaban J connectivity index is 1.93. The van der Waals surface area contributed by atoms with E-state index in [9.17, 15) is 0 Å². The number of guanidine groups is 1. The molecule has 5 nitrogen and oxygen atoms in total. The van der Waals surface area contributed by atoms with Gasteiger partial charge in [-0.15, -0.1) is 0 Å². The summed E-state index contributed by atoms with van der Waals surface area (Å²) in [6.45, 7) is 6.98. The molecular weight excluding hydrogens is 302 g/mol. The Morgan fingerprint density at radius 3 is 2.33 bits per heavy atom. The Bertz CT molecular complexity index is 424. The van der Waals surface area contributed by atoms with Gasteiger partial charge in [0.05, 0.1) is 6.61 Å². The van der Waals surface area contributed by atoms with Gasteiger partial charge in [0.15, 0.2) is 5.96 Å². The van der Waals surface area contributed by atoms with E-state index in [0.717, 1.165) is 71.2 Å². The van der Waals surface area contributed by atoms with Gasteiger partial charge < -0.3 is 20.1 Å². The predicted molar refractivity (Wildman–Crippen MR) is 101 cm³/mol. The van der Waals surface area contributed by atoms with Crippen LogP contribution < -0.4 is 10.6 Å². The molecule has 0 aliphatic rings. The highest BCUT2D eigenvalue weighted by molar-refractivity contribution is 5.79. The number of unbranched alkanes of at least 4 members (excludes halogenated alkanes) is 1. The molecular formula is C19H33N3O2. The molecule has 136 valence electrons. The molecule has 0 bridgehead atoms. The minimum Gasteiger partial charge on any atom is -0.382 e. The third kappa shape index (κ3) is 11.0. The highest BCUT2D eigenvalue weighted by Crippen LogP contribution is 1.99. The molecule has 0 fully saturated rings. The molecule has 0 saturated carbocycles. The molecule has 0 aliphatic carbocycles. The molecule has 0 spiro atoms. The zero-order valence-corrected chi connectivity index (χ0v) is 15.2. The second-order valence-corrected chi connectivity index (χ2v) is 5.53. The fourth-order valence-corrected chi connectivity index (χ4v) is 2.22. The van der Waals surface area contributed by atoms with Crippen LogP contribution in [0, 0.1) is 0 Å². The van der Waals surface area contributed by atoms with Crippen molar-refractivity contribution in [3.8, 4) is 0 Å². The van der Waals surface area contributed by atoms with Crippen LogP contribution in [0.3, 0.4) is 0 Å². The lowest BCUT2D eigenvalue weighted by Crippen LogP contribution is -2.38. The normalized spacial score (nSPS) is 11.5. The fraction of sp³-hybridized carbons (Fsp3) is 0.632. The van der Waals surface area contributed by atoms with E-state index in [4.69, 9.17) is 9.47 Å². The van der Waals surface area contributed by atoms with Crippen molar-refractivity contribution in [3.05, 3.63) is 35.9 Å². The standard InChI is InChI=1S/C19H33N3O2/c1-3-23-15-8-7-13-21-19(20-2)22-14-9-16-24-17-12-18-10-5-4-6-11-18/h4-6,10-11H,3,7-9,12-17H2,1-2H3,(H2,20,21,22). The molecule has 1 aromatic carbocycles. The van der Waals surface area contributed by atoms with E-state index in [-0.39, 0.29) is 0 Å². The molecule has 0 unspecified atom stereocenters. The fourth-order valence-electron chi connectivity index (χ4n) is 2.22. The number of hydrogen-bond donors (Lipinski definition) is 2. The summed E-state index contributed by atoms with van der Waals surface area (Å²) < 4.78 is 11.0. The molecule has 24 heavy (non-hydrogen) atoms. The molecule has 1 aromatic rings. The minimum atomic E-state index is 0.769. The van der Waals surface area contributed by atoms with E-state index in [1.165, 1.54) is 5.56 Å². The van der Waals surface area contributed by atoms with Crippen LogP contribution in [0.15, 0.2) is 35.3 Å². The molecule has 0 atom stereocenters. The molecule has 5 heteroatoms. The van der Waals surface area contributed by atoms with Gasteiger partial charge in [0, 0.05) is 40.0 Å². The molecule has 0 radical (unpaired) electrons. The van der Waals surface area contributed by atoms with Crippen LogP contribution in [0.4, 0.5) is 0 Å². The van der Waals surface area contributed by atoms with E-state index in [1.54, 1.807) is 7.05 Å². The van der Waals surface area contributed by atoms with Crippen molar-refractivity contribution in [2.24, 2.45) is 4.99 Å². The largest absolute Gasteiger partial charge is 0.382 e. The van der Waals surface area contributed by atoms with E-state index in [2.05, 4.69) is 39.9 Å². The van der Waals surface area contributed by atoms with Gasteiger partial charge in [-0.3, -0.25) is 4.99 Å². The Morgan fingerprint density at radius 2 is 1.62 bits per heavy atom. The summed E-state index contributed by atoms with van der Waals surface area (Å²) in [7, 11) is 1.80. The number of nitrogens with zero attached hydrogens (tertiary/aromatic N) is 1. The highest BCUT2D eigenvalue weighted by Gasteiger charge is 1.97. The van der Waals surface area contributed by atoms with Crippen molar-refractivity contribution in [2.75, 3.05) is 46.6 Å². The quantitative estimate of drug-likeness (QED) is 0.330. The van der Waals surface area contributed by atoms with Crippen molar-refractivity contribution >= 4 is 5.96 Å². The topological polar surface area (TPSA) is 54.9 Å². The van der Waals surface area contributed by atoms with E-state index < -0.39 is 0 Å². The Kier molecular flexibility index (Phi) is 12.8. The van der Waals surface area contributed by atoms with Crippen LogP contribution in [-0.2, 0) is 15.9 Å². The lowest BCUT2D eigenvalue weighted by molar-refractivity contribution is 0.135. The first-order valence-electron chi connectivity index (χ1n) is 9.00. The van der Waals surface area contributed by atoms with Crippen LogP contribution in [0.5, 0.6) is 0 Å². The average molecular weight is 335 g/mol. The average Bonchev–Trinajstić information content (AvgIpc) is 2.62. The number of benzene rings is 1. The second-order valence-electron chi connectivity index (χ2n) is 5.53. The van der Waals surface area contributed by atoms with E-state index in [1.807, 2.05) is 13.0 Å². The smallest absolute Gasteiger partial charge is 0.190 e. The lowest BCUT2D eigenvalue weighted by Gasteiger charge is -2.12. The summed E-state index contributed by atoms with van der Waals surface area (Å²) in [6.07, 6.45) is 4.11. The van der Waals surface area contributed by atoms with Crippen LogP contribution in [-0.4, -0.2) is 52.5 Å². The number of aliphatic imine (C=N–C) groups is 1. The molecule has 1 rings (SSSR count). The SMILES string of the molecule is CCOCCCCNC(=NC)NCCCOCCc1ccccc1. The minimum absolute atomic E-state index is 0.769. The molecule has 0 saturated heterocycles. The van der Waals surface area contributed by atoms with Gasteiger partial charge in [0.2, 0.25) is 0 Å². The number of rotatable bonds is 13. The number of nitrogens with one attached hydrogen (secondary N) is 2. The number of hydrogen-bond acceptors (Lipinski definition) is 3. The first-order valence-corrected chi connectivity index (χ1v) is 9.00. The van der Waals surface area contributed by atoms with E-state index in [0.29, 0.717) is 0 Å². The second kappa shape index (κ2) is 15.0. The molecule has 0 aliphatic heterocycles. The van der Waals surface area contributed by atoms with Crippen molar-refractivity contribution < 1.29 is 9.47 Å². The summed E-state index contributed by atoms with van der Waals surface area (Å²) in [6, 6.07) is 10.4. The first-order chi connectivity index (χ1) is 11.9. The molecule has 0 amide bonds. The van der Waals surface area contributed by atoms with Gasteiger partial charge in [-0.2, -0.15) is 0 Å². The number of ether oxygens (including phenoxy) is 2. The van der Waals surface area contributed by atoms with Gasteiger partial charge in [0.1, 0.15) is 0 Å². The van der Waals surface area contributed by atoms with E-state index >= 15 is 0 Å². The van der Waals surface area contributed by atoms with Crippen LogP contribution in [0.2, 0.25) is 0 Å². The zero-order chi connectivity index (χ0) is 17.3. The van der Waals surface area contributed by atoms with Crippen molar-refractivity contribution in [1.82, 2.24) is 10.6 Å². The maximum atomic E-state index is 5.67. The van der Waals surface area contributed by atoms with Crippen molar-refractivity contribution in [1.29, 1.82) is 0 Å². The Labute approximate surface area is 146 Å². The van der Waals surface area contributed by atoms with Crippen molar-refractivity contribution in [2.45, 2.75) is 32.6 Å². The van der Waals surface area contributed by atoms with Gasteiger partial charge in [-0.1, -0.05) is 30.3 Å². The van der Waals surface area contributed by atoms with Crippen LogP contribution in [0.25, 0.3) is 0 Å². The highest BCUT2D eigenvalue weighted by atomic mass is 16.5. The summed E-state index contributed by atoms with van der Waals surface area (Å²) in [5.74, 6) is 0.857. The summed E-state index contributed by atoms with van der Waals surface area (Å²) in [5.41, 5.74) is 1.32.